The van der Waals surface area contributed by atoms with Crippen LogP contribution in [0.2, 0.25) is 0 Å². The van der Waals surface area contributed by atoms with Crippen LogP contribution in [-0.2, 0) is 0 Å². The summed E-state index contributed by atoms with van der Waals surface area (Å²) in [7, 11) is 0. The largest absolute Gasteiger partial charge is 0.352 e. The molecule has 0 saturated carbocycles. The Labute approximate surface area is 243 Å². The van der Waals surface area contributed by atoms with Gasteiger partial charge in [0.25, 0.3) is 5.69 Å². The van der Waals surface area contributed by atoms with Crippen molar-refractivity contribution in [2.75, 3.05) is 4.90 Å². The molecule has 200 valence electrons. The van der Waals surface area contributed by atoms with Crippen molar-refractivity contribution in [2.24, 2.45) is 5.41 Å². The highest BCUT2D eigenvalue weighted by Gasteiger charge is 2.71. The van der Waals surface area contributed by atoms with E-state index in [9.17, 15) is 24.5 Å². The number of rotatable bonds is 4. The van der Waals surface area contributed by atoms with Gasteiger partial charge in [-0.05, 0) is 29.3 Å². The number of carbonyl (C=O) groups is 3. The minimum absolute atomic E-state index is 0.119. The molecule has 1 spiro atoms. The second-order valence-electron chi connectivity index (χ2n) is 10.5. The van der Waals surface area contributed by atoms with Crippen LogP contribution < -0.4 is 4.90 Å². The van der Waals surface area contributed by atoms with Crippen molar-refractivity contribution in [2.45, 2.75) is 18.0 Å². The van der Waals surface area contributed by atoms with E-state index in [4.69, 9.17) is 0 Å². The van der Waals surface area contributed by atoms with E-state index in [-0.39, 0.29) is 23.0 Å². The third kappa shape index (κ3) is 3.47. The van der Waals surface area contributed by atoms with Crippen molar-refractivity contribution in [3.05, 3.63) is 146 Å². The first kappa shape index (κ1) is 25.3. The molecule has 1 fully saturated rings. The highest BCUT2D eigenvalue weighted by atomic mass is 79.9. The topological polar surface area (TPSA) is 97.6 Å². The molecule has 3 atom stereocenters. The number of Topliss-reactive ketones (excluding diaryl/α,β-unsaturated/α-hetero) is 3. The third-order valence-corrected chi connectivity index (χ3v) is 9.05. The van der Waals surface area contributed by atoms with Gasteiger partial charge in [-0.15, -0.1) is 0 Å². The Hall–Kier alpha value is -4.69. The molecule has 7 nitrogen and oxygen atoms in total. The van der Waals surface area contributed by atoms with E-state index in [1.54, 1.807) is 60.7 Å². The SMILES string of the molecule is O=C(c1ccccc1)[C@@H]1[C@@H](c2ccc([N+](=O)[O-])cc2)C2(C(=O)c3ccccc3C2=O)C2C=Cc3cc(Br)ccc3N21. The summed E-state index contributed by atoms with van der Waals surface area (Å²) in [4.78, 5) is 56.7. The van der Waals surface area contributed by atoms with Gasteiger partial charge in [-0.1, -0.05) is 94.8 Å². The summed E-state index contributed by atoms with van der Waals surface area (Å²) in [6.45, 7) is 0. The number of carbonyl (C=O) groups excluding carboxylic acids is 3. The molecule has 2 aliphatic heterocycles. The zero-order valence-corrected chi connectivity index (χ0v) is 23.0. The van der Waals surface area contributed by atoms with Gasteiger partial charge in [0.2, 0.25) is 0 Å². The number of hydrogen-bond acceptors (Lipinski definition) is 6. The summed E-state index contributed by atoms with van der Waals surface area (Å²) in [5.41, 5.74) is 1.42. The fraction of sp³-hybridized carbons (Fsp3) is 0.121. The minimum Gasteiger partial charge on any atom is -0.352 e. The zero-order chi connectivity index (χ0) is 28.5. The summed E-state index contributed by atoms with van der Waals surface area (Å²) in [6, 6.07) is 25.5. The third-order valence-electron chi connectivity index (χ3n) is 8.56. The molecule has 4 aromatic carbocycles. The first-order valence-corrected chi connectivity index (χ1v) is 13.9. The van der Waals surface area contributed by atoms with Crippen molar-refractivity contribution in [3.63, 3.8) is 0 Å². The number of ketones is 3. The Morgan fingerprint density at radius 3 is 2.12 bits per heavy atom. The summed E-state index contributed by atoms with van der Waals surface area (Å²) in [5, 5.41) is 11.5. The number of hydrogen-bond donors (Lipinski definition) is 0. The van der Waals surface area contributed by atoms with Gasteiger partial charge < -0.3 is 4.90 Å². The number of nitro groups is 1. The molecule has 1 saturated heterocycles. The molecule has 41 heavy (non-hydrogen) atoms. The molecule has 0 bridgehead atoms. The number of nitrogens with zero attached hydrogens (tertiary/aromatic N) is 2. The van der Waals surface area contributed by atoms with E-state index in [1.807, 2.05) is 41.3 Å². The van der Waals surface area contributed by atoms with Gasteiger partial charge in [0.15, 0.2) is 17.3 Å². The minimum atomic E-state index is -1.66. The van der Waals surface area contributed by atoms with Gasteiger partial charge in [-0.2, -0.15) is 0 Å². The van der Waals surface area contributed by atoms with Crippen LogP contribution in [0.15, 0.2) is 108 Å². The summed E-state index contributed by atoms with van der Waals surface area (Å²) in [6.07, 6.45) is 3.75. The first-order valence-electron chi connectivity index (χ1n) is 13.1. The van der Waals surface area contributed by atoms with Gasteiger partial charge in [0.05, 0.1) is 11.0 Å². The quantitative estimate of drug-likeness (QED) is 0.112. The monoisotopic (exact) mass is 604 g/mol. The predicted molar refractivity (Wildman–Crippen MR) is 157 cm³/mol. The van der Waals surface area contributed by atoms with E-state index in [0.29, 0.717) is 22.3 Å². The molecule has 0 radical (unpaired) electrons. The number of halogens is 1. The van der Waals surface area contributed by atoms with Gasteiger partial charge in [-0.3, -0.25) is 24.5 Å². The van der Waals surface area contributed by atoms with Crippen LogP contribution in [0.1, 0.15) is 48.1 Å². The van der Waals surface area contributed by atoms with Crippen LogP contribution in [-0.4, -0.2) is 34.4 Å². The smallest absolute Gasteiger partial charge is 0.269 e. The second-order valence-corrected chi connectivity index (χ2v) is 11.4. The average molecular weight is 605 g/mol. The van der Waals surface area contributed by atoms with E-state index in [0.717, 1.165) is 15.7 Å². The summed E-state index contributed by atoms with van der Waals surface area (Å²) >= 11 is 3.53. The molecule has 7 rings (SSSR count). The molecule has 1 aliphatic carbocycles. The zero-order valence-electron chi connectivity index (χ0n) is 21.4. The fourth-order valence-corrected chi connectivity index (χ4v) is 7.28. The molecule has 3 aliphatic rings. The van der Waals surface area contributed by atoms with E-state index in [2.05, 4.69) is 15.9 Å². The number of fused-ring (bicyclic) bond motifs is 5. The summed E-state index contributed by atoms with van der Waals surface area (Å²) in [5.74, 6) is -1.85. The summed E-state index contributed by atoms with van der Waals surface area (Å²) < 4.78 is 0.853. The van der Waals surface area contributed by atoms with Crippen LogP contribution in [0.3, 0.4) is 0 Å². The molecule has 0 N–H and O–H groups in total. The van der Waals surface area contributed by atoms with E-state index < -0.39 is 28.3 Å². The Kier molecular flexibility index (Phi) is 5.66. The van der Waals surface area contributed by atoms with E-state index >= 15 is 0 Å². The van der Waals surface area contributed by atoms with Gasteiger partial charge in [0, 0.05) is 44.9 Å². The number of nitro benzene ring substituents is 1. The molecule has 4 aromatic rings. The van der Waals surface area contributed by atoms with Crippen LogP contribution in [0, 0.1) is 15.5 Å². The predicted octanol–water partition coefficient (Wildman–Crippen LogP) is 6.67. The number of non-ortho nitro benzene ring substituents is 1. The maximum Gasteiger partial charge on any atom is 0.269 e. The van der Waals surface area contributed by atoms with Crippen LogP contribution >= 0.6 is 15.9 Å². The fourth-order valence-electron chi connectivity index (χ4n) is 6.90. The lowest BCUT2D eigenvalue weighted by molar-refractivity contribution is -0.384. The van der Waals surface area contributed by atoms with Gasteiger partial charge in [0.1, 0.15) is 11.5 Å². The Morgan fingerprint density at radius 2 is 1.49 bits per heavy atom. The highest BCUT2D eigenvalue weighted by Crippen LogP contribution is 2.61. The Balaban J connectivity index is 1.54. The van der Waals surface area contributed by atoms with Crippen LogP contribution in [0.25, 0.3) is 6.08 Å². The van der Waals surface area contributed by atoms with Crippen molar-refractivity contribution < 1.29 is 19.3 Å². The Morgan fingerprint density at radius 1 is 0.854 bits per heavy atom. The maximum atomic E-state index is 14.6. The molecule has 8 heteroatoms. The molecule has 2 heterocycles. The lowest BCUT2D eigenvalue weighted by atomic mass is 9.64. The Bertz CT molecular complexity index is 1780. The van der Waals surface area contributed by atoms with Crippen LogP contribution in [0.5, 0.6) is 0 Å². The lowest BCUT2D eigenvalue weighted by Gasteiger charge is -2.37. The number of benzene rings is 4. The van der Waals surface area contributed by atoms with Gasteiger partial charge in [-0.25, -0.2) is 0 Å². The van der Waals surface area contributed by atoms with Crippen molar-refractivity contribution in [1.29, 1.82) is 0 Å². The molecule has 0 aromatic heterocycles. The van der Waals surface area contributed by atoms with Crippen molar-refractivity contribution in [3.8, 4) is 0 Å². The molecule has 0 amide bonds. The number of anilines is 1. The average Bonchev–Trinajstić information content (AvgIpc) is 3.43. The van der Waals surface area contributed by atoms with Crippen LogP contribution in [0.4, 0.5) is 11.4 Å². The molecular formula is C33H21BrN2O5. The first-order chi connectivity index (χ1) is 19.8. The van der Waals surface area contributed by atoms with Crippen molar-refractivity contribution in [1.82, 2.24) is 0 Å². The van der Waals surface area contributed by atoms with E-state index in [1.165, 1.54) is 12.1 Å². The highest BCUT2D eigenvalue weighted by molar-refractivity contribution is 9.10. The lowest BCUT2D eigenvalue weighted by Crippen LogP contribution is -2.48. The standard InChI is InChI=1S/C33H21BrN2O5/c34-22-13-16-26-21(18-22)12-17-27-33(31(38)24-8-4-5-9-25(24)32(33)39)28(19-10-14-23(15-11-19)36(40)41)29(35(26)27)30(37)20-6-2-1-3-7-20/h1-18,27-29H/t27?,28-,29+/m1/s1. The van der Waals surface area contributed by atoms with Gasteiger partial charge >= 0.3 is 0 Å². The van der Waals surface area contributed by atoms with Crippen molar-refractivity contribution >= 4 is 50.7 Å². The molecule has 1 unspecified atom stereocenters. The maximum absolute atomic E-state index is 14.6. The normalized spacial score (nSPS) is 21.5. The molecular weight excluding hydrogens is 584 g/mol. The second kappa shape index (κ2) is 9.17.